The number of carbonyl (C=O) groups excluding carboxylic acids is 1. The fourth-order valence-corrected chi connectivity index (χ4v) is 3.72. The number of carbonyl (C=O) groups is 1. The quantitative estimate of drug-likeness (QED) is 0.568. The summed E-state index contributed by atoms with van der Waals surface area (Å²) in [5, 5.41) is 2.67. The number of piperidine rings is 1. The Morgan fingerprint density at radius 3 is 2.68 bits per heavy atom. The van der Waals surface area contributed by atoms with E-state index in [9.17, 15) is 22.8 Å². The highest BCUT2D eigenvalue weighted by Gasteiger charge is 2.46. The van der Waals surface area contributed by atoms with Crippen LogP contribution in [0.25, 0.3) is 0 Å². The molecule has 0 saturated carbocycles. The second-order valence-electron chi connectivity index (χ2n) is 8.01. The number of anilines is 1. The van der Waals surface area contributed by atoms with Crippen molar-refractivity contribution in [1.29, 1.82) is 0 Å². The van der Waals surface area contributed by atoms with Crippen molar-refractivity contribution >= 4 is 11.7 Å². The molecule has 0 aromatic carbocycles. The number of H-pyrrole nitrogens is 1. The first-order valence-corrected chi connectivity index (χ1v) is 10.6. The molecule has 2 N–H and O–H groups in total. The molecule has 11 heteroatoms. The van der Waals surface area contributed by atoms with E-state index in [4.69, 9.17) is 4.74 Å². The summed E-state index contributed by atoms with van der Waals surface area (Å²) in [4.78, 5) is 36.1. The van der Waals surface area contributed by atoms with Crippen molar-refractivity contribution in [2.75, 3.05) is 18.4 Å². The maximum absolute atomic E-state index is 14.6. The number of ether oxygens (including phenoxy) is 1. The predicted molar refractivity (Wildman–Crippen MR) is 118 cm³/mol. The Morgan fingerprint density at radius 2 is 2.03 bits per heavy atom. The molecule has 3 aromatic rings. The SMILES string of the molecule is C[C@@H](C(=O)Nc1ccc(Oc2ccc(F)cn2)cn1)N1CCC(F)(F)[C@@H](c2ccc(=O)[nH]c2)C1. The van der Waals surface area contributed by atoms with Gasteiger partial charge in [-0.15, -0.1) is 0 Å². The minimum Gasteiger partial charge on any atom is -0.437 e. The lowest BCUT2D eigenvalue weighted by Crippen LogP contribution is -2.52. The summed E-state index contributed by atoms with van der Waals surface area (Å²) in [5.41, 5.74) is -0.0554. The Balaban J connectivity index is 1.38. The van der Waals surface area contributed by atoms with Gasteiger partial charge in [-0.25, -0.2) is 23.1 Å². The average molecular weight is 473 g/mol. The summed E-state index contributed by atoms with van der Waals surface area (Å²) < 4.78 is 47.6. The number of hydrogen-bond acceptors (Lipinski definition) is 6. The number of nitrogens with zero attached hydrogens (tertiary/aromatic N) is 3. The Labute approximate surface area is 192 Å². The van der Waals surface area contributed by atoms with E-state index < -0.39 is 36.0 Å². The molecule has 3 aromatic heterocycles. The fraction of sp³-hybridized carbons (Fsp3) is 0.304. The number of amides is 1. The predicted octanol–water partition coefficient (Wildman–Crippen LogP) is 3.55. The van der Waals surface area contributed by atoms with E-state index in [1.54, 1.807) is 17.9 Å². The lowest BCUT2D eigenvalue weighted by molar-refractivity contribution is -0.125. The lowest BCUT2D eigenvalue weighted by atomic mass is 9.87. The molecule has 2 atom stereocenters. The summed E-state index contributed by atoms with van der Waals surface area (Å²) in [6.45, 7) is 1.64. The van der Waals surface area contributed by atoms with Gasteiger partial charge in [-0.1, -0.05) is 6.07 Å². The number of pyridine rings is 3. The van der Waals surface area contributed by atoms with Gasteiger partial charge in [0.15, 0.2) is 0 Å². The maximum Gasteiger partial charge on any atom is 0.257 e. The number of rotatable bonds is 6. The molecule has 1 saturated heterocycles. The number of aromatic nitrogens is 3. The number of hydrogen-bond donors (Lipinski definition) is 2. The highest BCUT2D eigenvalue weighted by Crippen LogP contribution is 2.40. The van der Waals surface area contributed by atoms with E-state index in [0.717, 1.165) is 6.20 Å². The summed E-state index contributed by atoms with van der Waals surface area (Å²) in [5.74, 6) is -4.20. The summed E-state index contributed by atoms with van der Waals surface area (Å²) >= 11 is 0. The third kappa shape index (κ3) is 5.42. The molecule has 4 rings (SSSR count). The Bertz CT molecular complexity index is 1180. The van der Waals surface area contributed by atoms with Crippen molar-refractivity contribution in [2.45, 2.75) is 31.2 Å². The molecule has 1 aliphatic heterocycles. The monoisotopic (exact) mass is 473 g/mol. The van der Waals surface area contributed by atoms with Crippen molar-refractivity contribution in [2.24, 2.45) is 0 Å². The van der Waals surface area contributed by atoms with Gasteiger partial charge >= 0.3 is 0 Å². The highest BCUT2D eigenvalue weighted by atomic mass is 19.3. The molecule has 0 radical (unpaired) electrons. The Hall–Kier alpha value is -3.73. The summed E-state index contributed by atoms with van der Waals surface area (Å²) in [7, 11) is 0. The van der Waals surface area contributed by atoms with Crippen LogP contribution in [-0.2, 0) is 4.79 Å². The molecule has 0 aliphatic carbocycles. The van der Waals surface area contributed by atoms with Crippen LogP contribution in [0.2, 0.25) is 0 Å². The number of likely N-dealkylation sites (tertiary alicyclic amines) is 1. The van der Waals surface area contributed by atoms with Crippen molar-refractivity contribution in [3.63, 3.8) is 0 Å². The van der Waals surface area contributed by atoms with E-state index in [0.29, 0.717) is 11.3 Å². The fourth-order valence-electron chi connectivity index (χ4n) is 3.72. The first-order chi connectivity index (χ1) is 16.2. The second kappa shape index (κ2) is 9.64. The van der Waals surface area contributed by atoms with E-state index in [1.807, 2.05) is 0 Å². The van der Waals surface area contributed by atoms with Gasteiger partial charge < -0.3 is 15.0 Å². The van der Waals surface area contributed by atoms with Crippen LogP contribution in [0.3, 0.4) is 0 Å². The van der Waals surface area contributed by atoms with Crippen molar-refractivity contribution in [3.8, 4) is 11.6 Å². The van der Waals surface area contributed by atoms with E-state index in [2.05, 4.69) is 20.3 Å². The lowest BCUT2D eigenvalue weighted by Gasteiger charge is -2.40. The van der Waals surface area contributed by atoms with Gasteiger partial charge in [0, 0.05) is 37.8 Å². The van der Waals surface area contributed by atoms with Gasteiger partial charge in [0.05, 0.1) is 24.4 Å². The zero-order valence-corrected chi connectivity index (χ0v) is 18.2. The molecule has 4 heterocycles. The van der Waals surface area contributed by atoms with Crippen LogP contribution >= 0.6 is 0 Å². The largest absolute Gasteiger partial charge is 0.437 e. The van der Waals surface area contributed by atoms with Crippen LogP contribution in [-0.4, -0.2) is 50.8 Å². The van der Waals surface area contributed by atoms with Gasteiger partial charge in [-0.3, -0.25) is 14.5 Å². The molecule has 178 valence electrons. The number of aromatic amines is 1. The third-order valence-corrected chi connectivity index (χ3v) is 5.71. The molecule has 0 bridgehead atoms. The number of halogens is 3. The van der Waals surface area contributed by atoms with Gasteiger partial charge in [0.25, 0.3) is 5.92 Å². The maximum atomic E-state index is 14.6. The molecule has 8 nitrogen and oxygen atoms in total. The van der Waals surface area contributed by atoms with Gasteiger partial charge in [0.2, 0.25) is 17.3 Å². The minimum atomic E-state index is -2.96. The Morgan fingerprint density at radius 1 is 1.21 bits per heavy atom. The Kier molecular flexibility index (Phi) is 6.64. The summed E-state index contributed by atoms with van der Waals surface area (Å²) in [6.07, 6.45) is 3.29. The molecular formula is C23H22F3N5O3. The second-order valence-corrected chi connectivity index (χ2v) is 8.01. The number of nitrogens with one attached hydrogen (secondary N) is 2. The topological polar surface area (TPSA) is 100 Å². The minimum absolute atomic E-state index is 0.0431. The highest BCUT2D eigenvalue weighted by molar-refractivity contribution is 5.93. The van der Waals surface area contributed by atoms with Gasteiger partial charge in [0.1, 0.15) is 17.4 Å². The zero-order valence-electron chi connectivity index (χ0n) is 18.2. The normalized spacial score (nSPS) is 18.8. The third-order valence-electron chi connectivity index (χ3n) is 5.71. The van der Waals surface area contributed by atoms with Crippen LogP contribution in [0.1, 0.15) is 24.8 Å². The molecule has 1 amide bonds. The van der Waals surface area contributed by atoms with Crippen LogP contribution in [0.15, 0.2) is 59.8 Å². The van der Waals surface area contributed by atoms with E-state index >= 15 is 0 Å². The first-order valence-electron chi connectivity index (χ1n) is 10.6. The van der Waals surface area contributed by atoms with Gasteiger partial charge in [-0.05, 0) is 30.7 Å². The average Bonchev–Trinajstić information content (AvgIpc) is 2.82. The van der Waals surface area contributed by atoms with Crippen LogP contribution < -0.4 is 15.6 Å². The summed E-state index contributed by atoms with van der Waals surface area (Å²) in [6, 6.07) is 7.58. The molecule has 34 heavy (non-hydrogen) atoms. The van der Waals surface area contributed by atoms with Gasteiger partial charge in [-0.2, -0.15) is 0 Å². The van der Waals surface area contributed by atoms with Crippen molar-refractivity contribution in [3.05, 3.63) is 76.7 Å². The zero-order chi connectivity index (χ0) is 24.3. The molecule has 1 fully saturated rings. The molecule has 0 spiro atoms. The standard InChI is InChI=1S/C23H22F3N5O3/c1-14(31-9-8-23(25,26)18(13-31)15-2-6-20(32)28-10-15)22(33)30-19-5-4-17(12-27-19)34-21-7-3-16(24)11-29-21/h2-7,10-12,14,18H,8-9,13H2,1H3,(H,28,32)(H,27,30,33)/t14-,18+/m0/s1. The van der Waals surface area contributed by atoms with Crippen molar-refractivity contribution < 1.29 is 22.7 Å². The van der Waals surface area contributed by atoms with Crippen LogP contribution in [0.4, 0.5) is 19.0 Å². The van der Waals surface area contributed by atoms with E-state index in [-0.39, 0.29) is 30.3 Å². The van der Waals surface area contributed by atoms with Crippen LogP contribution in [0.5, 0.6) is 11.6 Å². The number of alkyl halides is 2. The molecule has 1 aliphatic rings. The molecule has 0 unspecified atom stereocenters. The molecular weight excluding hydrogens is 451 g/mol. The van der Waals surface area contributed by atoms with E-state index in [1.165, 1.54) is 42.7 Å². The smallest absolute Gasteiger partial charge is 0.257 e. The first kappa shape index (κ1) is 23.4. The van der Waals surface area contributed by atoms with Crippen LogP contribution in [0, 0.1) is 5.82 Å². The van der Waals surface area contributed by atoms with Crippen molar-refractivity contribution in [1.82, 2.24) is 19.9 Å².